The number of hydrogen-bond acceptors (Lipinski definition) is 3. The zero-order valence-corrected chi connectivity index (χ0v) is 15.2. The summed E-state index contributed by atoms with van der Waals surface area (Å²) in [6.07, 6.45) is 2.41. The third kappa shape index (κ3) is 7.48. The zero-order chi connectivity index (χ0) is 16.5. The molecule has 1 rings (SSSR count). The minimum Gasteiger partial charge on any atom is -0.506 e. The Morgan fingerprint density at radius 3 is 2.59 bits per heavy atom. The van der Waals surface area contributed by atoms with Gasteiger partial charge in [0.1, 0.15) is 5.75 Å². The third-order valence-electron chi connectivity index (χ3n) is 3.95. The Morgan fingerprint density at radius 2 is 2.00 bits per heavy atom. The number of halogens is 1. The van der Waals surface area contributed by atoms with Crippen LogP contribution in [0.15, 0.2) is 18.2 Å². The number of rotatable bonds is 10. The highest BCUT2D eigenvalue weighted by Crippen LogP contribution is 2.24. The van der Waals surface area contributed by atoms with Gasteiger partial charge in [-0.2, -0.15) is 0 Å². The fourth-order valence-corrected chi connectivity index (χ4v) is 2.67. The molecule has 1 unspecified atom stereocenters. The van der Waals surface area contributed by atoms with E-state index in [9.17, 15) is 5.11 Å². The summed E-state index contributed by atoms with van der Waals surface area (Å²) >= 11 is 5.95. The van der Waals surface area contributed by atoms with Crippen LogP contribution in [-0.2, 0) is 6.54 Å². The van der Waals surface area contributed by atoms with Gasteiger partial charge >= 0.3 is 0 Å². The first-order chi connectivity index (χ1) is 10.4. The van der Waals surface area contributed by atoms with Gasteiger partial charge in [0, 0.05) is 6.54 Å². The predicted octanol–water partition coefficient (Wildman–Crippen LogP) is 4.14. The molecule has 2 N–H and O–H groups in total. The summed E-state index contributed by atoms with van der Waals surface area (Å²) in [4.78, 5) is 2.31. The van der Waals surface area contributed by atoms with Crippen molar-refractivity contribution in [1.82, 2.24) is 10.2 Å². The number of phenols is 1. The van der Waals surface area contributed by atoms with Crippen molar-refractivity contribution in [1.29, 1.82) is 0 Å². The molecule has 1 aromatic carbocycles. The van der Waals surface area contributed by atoms with E-state index in [-0.39, 0.29) is 5.75 Å². The van der Waals surface area contributed by atoms with Gasteiger partial charge in [0.15, 0.2) is 0 Å². The van der Waals surface area contributed by atoms with E-state index in [0.717, 1.165) is 37.7 Å². The fourth-order valence-electron chi connectivity index (χ4n) is 2.47. The van der Waals surface area contributed by atoms with Gasteiger partial charge in [-0.3, -0.25) is 0 Å². The molecule has 1 aromatic rings. The van der Waals surface area contributed by atoms with Crippen molar-refractivity contribution in [3.05, 3.63) is 28.8 Å². The quantitative estimate of drug-likeness (QED) is 0.678. The third-order valence-corrected chi connectivity index (χ3v) is 4.25. The summed E-state index contributed by atoms with van der Waals surface area (Å²) < 4.78 is 0. The molecule has 0 fully saturated rings. The molecule has 0 radical (unpaired) electrons. The Balaban J connectivity index is 2.33. The second-order valence-electron chi connectivity index (χ2n) is 6.64. The number of nitrogens with zero attached hydrogens (tertiary/aromatic N) is 1. The smallest absolute Gasteiger partial charge is 0.134 e. The summed E-state index contributed by atoms with van der Waals surface area (Å²) in [7, 11) is 2.13. The summed E-state index contributed by atoms with van der Waals surface area (Å²) in [5.74, 6) is 1.58. The Labute approximate surface area is 140 Å². The van der Waals surface area contributed by atoms with E-state index in [1.807, 2.05) is 12.1 Å². The van der Waals surface area contributed by atoms with Gasteiger partial charge in [0.25, 0.3) is 0 Å². The first-order valence-corrected chi connectivity index (χ1v) is 8.66. The van der Waals surface area contributed by atoms with Crippen LogP contribution < -0.4 is 5.32 Å². The lowest BCUT2D eigenvalue weighted by Gasteiger charge is -2.22. The largest absolute Gasteiger partial charge is 0.506 e. The number of nitrogens with one attached hydrogen (secondary N) is 1. The topological polar surface area (TPSA) is 35.5 Å². The molecule has 0 amide bonds. The van der Waals surface area contributed by atoms with Crippen LogP contribution in [0.4, 0.5) is 0 Å². The molecule has 4 heteroatoms. The molecule has 22 heavy (non-hydrogen) atoms. The van der Waals surface area contributed by atoms with Crippen molar-refractivity contribution < 1.29 is 5.11 Å². The van der Waals surface area contributed by atoms with Crippen LogP contribution in [-0.4, -0.2) is 36.7 Å². The Hall–Kier alpha value is -0.770. The van der Waals surface area contributed by atoms with Crippen molar-refractivity contribution in [3.63, 3.8) is 0 Å². The van der Waals surface area contributed by atoms with Crippen LogP contribution in [0.5, 0.6) is 5.75 Å². The molecular weight excluding hydrogens is 296 g/mol. The second kappa shape index (κ2) is 10.1. The van der Waals surface area contributed by atoms with Gasteiger partial charge in [-0.05, 0) is 62.6 Å². The average molecular weight is 327 g/mol. The number of hydrogen-bond donors (Lipinski definition) is 2. The highest BCUT2D eigenvalue weighted by Gasteiger charge is 2.09. The molecule has 126 valence electrons. The summed E-state index contributed by atoms with van der Waals surface area (Å²) in [6.45, 7) is 10.9. The van der Waals surface area contributed by atoms with E-state index in [1.54, 1.807) is 6.07 Å². The Kier molecular flexibility index (Phi) is 8.84. The highest BCUT2D eigenvalue weighted by atomic mass is 35.5. The summed E-state index contributed by atoms with van der Waals surface area (Å²) in [5, 5.41) is 13.4. The minimum atomic E-state index is 0.148. The standard InChI is InChI=1S/C18H31ClN2O/c1-5-15(12-20-11-14(2)3)8-9-21(4)13-16-6-7-18(22)17(19)10-16/h6-7,10,14-15,20,22H,5,8-9,11-13H2,1-4H3. The molecule has 0 bridgehead atoms. The monoisotopic (exact) mass is 326 g/mol. The fraction of sp³-hybridized carbons (Fsp3) is 0.667. The molecule has 0 aliphatic carbocycles. The van der Waals surface area contributed by atoms with E-state index in [0.29, 0.717) is 10.9 Å². The molecule has 0 saturated heterocycles. The Bertz CT molecular complexity index is 437. The van der Waals surface area contributed by atoms with Crippen LogP contribution in [0, 0.1) is 11.8 Å². The van der Waals surface area contributed by atoms with Crippen molar-refractivity contribution in [3.8, 4) is 5.75 Å². The molecule has 3 nitrogen and oxygen atoms in total. The van der Waals surface area contributed by atoms with Crippen LogP contribution in [0.3, 0.4) is 0 Å². The lowest BCUT2D eigenvalue weighted by Crippen LogP contribution is -2.29. The van der Waals surface area contributed by atoms with Crippen molar-refractivity contribution in [2.24, 2.45) is 11.8 Å². The van der Waals surface area contributed by atoms with Crippen LogP contribution in [0.2, 0.25) is 5.02 Å². The van der Waals surface area contributed by atoms with E-state index in [4.69, 9.17) is 11.6 Å². The van der Waals surface area contributed by atoms with Gasteiger partial charge < -0.3 is 15.3 Å². The number of aromatic hydroxyl groups is 1. The summed E-state index contributed by atoms with van der Waals surface area (Å²) in [5.41, 5.74) is 1.14. The van der Waals surface area contributed by atoms with Gasteiger partial charge in [0.05, 0.1) is 5.02 Å². The number of phenolic OH excluding ortho intramolecular Hbond substituents is 1. The van der Waals surface area contributed by atoms with Crippen LogP contribution >= 0.6 is 11.6 Å². The van der Waals surface area contributed by atoms with Crippen molar-refractivity contribution >= 4 is 11.6 Å². The lowest BCUT2D eigenvalue weighted by molar-refractivity contribution is 0.284. The molecule has 0 heterocycles. The van der Waals surface area contributed by atoms with Crippen LogP contribution in [0.25, 0.3) is 0 Å². The lowest BCUT2D eigenvalue weighted by atomic mass is 10.0. The zero-order valence-electron chi connectivity index (χ0n) is 14.4. The maximum Gasteiger partial charge on any atom is 0.134 e. The van der Waals surface area contributed by atoms with E-state index in [2.05, 4.69) is 38.0 Å². The second-order valence-corrected chi connectivity index (χ2v) is 7.05. The van der Waals surface area contributed by atoms with Crippen molar-refractivity contribution in [2.45, 2.75) is 40.2 Å². The first kappa shape index (κ1) is 19.3. The predicted molar refractivity (Wildman–Crippen MR) is 95.6 cm³/mol. The highest BCUT2D eigenvalue weighted by molar-refractivity contribution is 6.32. The molecule has 0 aliphatic rings. The normalized spacial score (nSPS) is 13.0. The summed E-state index contributed by atoms with van der Waals surface area (Å²) in [6, 6.07) is 5.43. The first-order valence-electron chi connectivity index (χ1n) is 8.29. The Morgan fingerprint density at radius 1 is 1.27 bits per heavy atom. The SMILES string of the molecule is CCC(CCN(C)Cc1ccc(O)c(Cl)c1)CNCC(C)C. The van der Waals surface area contributed by atoms with Gasteiger partial charge in [-0.15, -0.1) is 0 Å². The molecule has 1 atom stereocenters. The van der Waals surface area contributed by atoms with E-state index >= 15 is 0 Å². The molecule has 0 saturated carbocycles. The average Bonchev–Trinajstić information content (AvgIpc) is 2.46. The molecule has 0 spiro atoms. The molecule has 0 aliphatic heterocycles. The number of benzene rings is 1. The van der Waals surface area contributed by atoms with Gasteiger partial charge in [-0.25, -0.2) is 0 Å². The van der Waals surface area contributed by atoms with E-state index in [1.165, 1.54) is 12.8 Å². The molecule has 0 aromatic heterocycles. The molecular formula is C18H31ClN2O. The van der Waals surface area contributed by atoms with E-state index < -0.39 is 0 Å². The maximum absolute atomic E-state index is 9.45. The van der Waals surface area contributed by atoms with Gasteiger partial charge in [0.2, 0.25) is 0 Å². The maximum atomic E-state index is 9.45. The van der Waals surface area contributed by atoms with Gasteiger partial charge in [-0.1, -0.05) is 44.9 Å². The minimum absolute atomic E-state index is 0.148. The van der Waals surface area contributed by atoms with Crippen LogP contribution in [0.1, 0.15) is 39.2 Å². The van der Waals surface area contributed by atoms with Crippen molar-refractivity contribution in [2.75, 3.05) is 26.7 Å².